The molecule has 2 aromatic carbocycles. The van der Waals surface area contributed by atoms with Crippen LogP contribution in [0.25, 0.3) is 0 Å². The smallest absolute Gasteiger partial charge is 0.282 e. The third kappa shape index (κ3) is 4.24. The molecule has 1 amide bonds. The summed E-state index contributed by atoms with van der Waals surface area (Å²) in [6.07, 6.45) is 2.17. The minimum absolute atomic E-state index is 0.148. The largest absolute Gasteiger partial charge is 0.284 e. The SMILES string of the molecule is C[C@H]1C(C(=O)NN2CCCC2)=NN(c2ccc(Cl)cc2Cl)[C@@H]1c1ccc(Cl)cc1. The Balaban J connectivity index is 1.70. The van der Waals surface area contributed by atoms with Crippen molar-refractivity contribution >= 4 is 52.1 Å². The number of carbonyl (C=O) groups is 1. The van der Waals surface area contributed by atoms with E-state index < -0.39 is 0 Å². The van der Waals surface area contributed by atoms with E-state index >= 15 is 0 Å². The molecule has 1 N–H and O–H groups in total. The van der Waals surface area contributed by atoms with Crippen LogP contribution in [0.4, 0.5) is 5.69 Å². The van der Waals surface area contributed by atoms with Gasteiger partial charge >= 0.3 is 0 Å². The number of hydrazine groups is 1. The Kier molecular flexibility index (Phi) is 6.02. The minimum Gasteiger partial charge on any atom is -0.284 e. The molecule has 2 atom stereocenters. The Labute approximate surface area is 185 Å². The number of hydrogen-bond donors (Lipinski definition) is 1. The van der Waals surface area contributed by atoms with Crippen LogP contribution in [0.1, 0.15) is 31.4 Å². The summed E-state index contributed by atoms with van der Waals surface area (Å²) in [5.41, 5.74) is 5.17. The molecule has 0 bridgehead atoms. The van der Waals surface area contributed by atoms with Crippen molar-refractivity contribution < 1.29 is 4.79 Å². The minimum atomic E-state index is -0.190. The number of hydrogen-bond acceptors (Lipinski definition) is 4. The molecule has 0 aromatic heterocycles. The van der Waals surface area contributed by atoms with E-state index in [0.717, 1.165) is 31.5 Å². The summed E-state index contributed by atoms with van der Waals surface area (Å²) in [4.78, 5) is 13.0. The second-order valence-corrected chi connectivity index (χ2v) is 8.63. The van der Waals surface area contributed by atoms with E-state index in [4.69, 9.17) is 39.9 Å². The highest BCUT2D eigenvalue weighted by atomic mass is 35.5. The molecule has 8 heteroatoms. The number of halogens is 3. The van der Waals surface area contributed by atoms with Gasteiger partial charge in [-0.2, -0.15) is 5.10 Å². The molecule has 1 saturated heterocycles. The lowest BCUT2D eigenvalue weighted by Gasteiger charge is -2.27. The molecule has 0 aliphatic carbocycles. The van der Waals surface area contributed by atoms with Gasteiger partial charge in [-0.25, -0.2) is 5.01 Å². The Hall–Kier alpha value is -1.79. The Morgan fingerprint density at radius 1 is 1.03 bits per heavy atom. The highest BCUT2D eigenvalue weighted by molar-refractivity contribution is 6.41. The molecule has 5 nitrogen and oxygen atoms in total. The van der Waals surface area contributed by atoms with E-state index in [9.17, 15) is 4.79 Å². The molecule has 29 heavy (non-hydrogen) atoms. The van der Waals surface area contributed by atoms with Crippen molar-refractivity contribution in [1.29, 1.82) is 0 Å². The van der Waals surface area contributed by atoms with Gasteiger partial charge in [0.05, 0.1) is 16.8 Å². The fourth-order valence-electron chi connectivity index (χ4n) is 3.87. The summed E-state index contributed by atoms with van der Waals surface area (Å²) < 4.78 is 0. The number of anilines is 1. The Morgan fingerprint density at radius 2 is 1.69 bits per heavy atom. The Bertz CT molecular complexity index is 941. The summed E-state index contributed by atoms with van der Waals surface area (Å²) in [5, 5.41) is 10.1. The van der Waals surface area contributed by atoms with Crippen LogP contribution in [0, 0.1) is 5.92 Å². The standard InChI is InChI=1S/C21H21Cl3N4O/c1-13-19(21(29)26-27-10-2-3-11-27)25-28(18-9-8-16(23)12-17(18)24)20(13)14-4-6-15(22)7-5-14/h4-9,12-13,20H,2-3,10-11H2,1H3,(H,26,29)/t13-,20-/m0/s1. The van der Waals surface area contributed by atoms with Crippen molar-refractivity contribution in [2.75, 3.05) is 18.1 Å². The molecular formula is C21H21Cl3N4O. The van der Waals surface area contributed by atoms with Crippen LogP contribution in [-0.4, -0.2) is 29.7 Å². The van der Waals surface area contributed by atoms with Gasteiger partial charge in [0.2, 0.25) is 0 Å². The monoisotopic (exact) mass is 450 g/mol. The lowest BCUT2D eigenvalue weighted by Crippen LogP contribution is -2.44. The average Bonchev–Trinajstić information content (AvgIpc) is 3.30. The zero-order chi connectivity index (χ0) is 20.5. The fraction of sp³-hybridized carbons (Fsp3) is 0.333. The number of amides is 1. The molecule has 2 aliphatic rings. The van der Waals surface area contributed by atoms with Crippen LogP contribution in [0.3, 0.4) is 0 Å². The first-order chi connectivity index (χ1) is 13.9. The van der Waals surface area contributed by atoms with Gasteiger partial charge in [0.15, 0.2) is 0 Å². The molecule has 1 fully saturated rings. The summed E-state index contributed by atoms with van der Waals surface area (Å²) in [6, 6.07) is 12.7. The quantitative estimate of drug-likeness (QED) is 0.684. The molecule has 4 rings (SSSR count). The molecule has 2 heterocycles. The third-order valence-corrected chi connectivity index (χ3v) is 6.14. The van der Waals surface area contributed by atoms with Crippen molar-refractivity contribution in [3.05, 3.63) is 63.1 Å². The van der Waals surface area contributed by atoms with Gasteiger partial charge < -0.3 is 0 Å². The van der Waals surface area contributed by atoms with Gasteiger partial charge in [-0.3, -0.25) is 15.2 Å². The van der Waals surface area contributed by atoms with Gasteiger partial charge in [-0.15, -0.1) is 0 Å². The van der Waals surface area contributed by atoms with E-state index in [1.807, 2.05) is 47.3 Å². The highest BCUT2D eigenvalue weighted by Gasteiger charge is 2.40. The van der Waals surface area contributed by atoms with Crippen LogP contribution in [-0.2, 0) is 4.79 Å². The van der Waals surface area contributed by atoms with Gasteiger partial charge in [-0.1, -0.05) is 53.9 Å². The summed E-state index contributed by atoms with van der Waals surface area (Å²) >= 11 is 18.6. The van der Waals surface area contributed by atoms with Crippen molar-refractivity contribution in [3.8, 4) is 0 Å². The maximum atomic E-state index is 13.0. The van der Waals surface area contributed by atoms with E-state index in [0.29, 0.717) is 26.5 Å². The van der Waals surface area contributed by atoms with Crippen LogP contribution in [0.2, 0.25) is 15.1 Å². The summed E-state index contributed by atoms with van der Waals surface area (Å²) in [7, 11) is 0. The maximum absolute atomic E-state index is 13.0. The van der Waals surface area contributed by atoms with Crippen molar-refractivity contribution in [1.82, 2.24) is 10.4 Å². The van der Waals surface area contributed by atoms with Crippen LogP contribution in [0.5, 0.6) is 0 Å². The maximum Gasteiger partial charge on any atom is 0.282 e. The van der Waals surface area contributed by atoms with Crippen molar-refractivity contribution in [3.63, 3.8) is 0 Å². The molecule has 0 spiro atoms. The molecule has 2 aliphatic heterocycles. The number of nitrogens with one attached hydrogen (secondary N) is 1. The molecule has 2 aromatic rings. The molecule has 0 unspecified atom stereocenters. The third-order valence-electron chi connectivity index (χ3n) is 5.35. The Morgan fingerprint density at radius 3 is 2.34 bits per heavy atom. The van der Waals surface area contributed by atoms with Crippen LogP contribution in [0.15, 0.2) is 47.6 Å². The van der Waals surface area contributed by atoms with Gasteiger partial charge in [-0.05, 0) is 48.7 Å². The average molecular weight is 452 g/mol. The number of benzene rings is 2. The topological polar surface area (TPSA) is 47.9 Å². The van der Waals surface area contributed by atoms with Gasteiger partial charge in [0.1, 0.15) is 5.71 Å². The van der Waals surface area contributed by atoms with Crippen molar-refractivity contribution in [2.24, 2.45) is 11.0 Å². The molecule has 0 radical (unpaired) electrons. The van der Waals surface area contributed by atoms with Gasteiger partial charge in [0, 0.05) is 29.1 Å². The highest BCUT2D eigenvalue weighted by Crippen LogP contribution is 2.42. The summed E-state index contributed by atoms with van der Waals surface area (Å²) in [5.74, 6) is -0.323. The lowest BCUT2D eigenvalue weighted by molar-refractivity contribution is -0.119. The predicted molar refractivity (Wildman–Crippen MR) is 119 cm³/mol. The van der Waals surface area contributed by atoms with E-state index in [2.05, 4.69) is 5.43 Å². The lowest BCUT2D eigenvalue weighted by atomic mass is 9.91. The normalized spacial score (nSPS) is 22.1. The summed E-state index contributed by atoms with van der Waals surface area (Å²) in [6.45, 7) is 3.73. The van der Waals surface area contributed by atoms with Crippen molar-refractivity contribution in [2.45, 2.75) is 25.8 Å². The first-order valence-electron chi connectivity index (χ1n) is 9.58. The first kappa shape index (κ1) is 20.5. The van der Waals surface area contributed by atoms with Crippen LogP contribution >= 0.6 is 34.8 Å². The zero-order valence-corrected chi connectivity index (χ0v) is 18.2. The molecule has 0 saturated carbocycles. The predicted octanol–water partition coefficient (Wildman–Crippen LogP) is 5.33. The number of rotatable bonds is 4. The zero-order valence-electron chi connectivity index (χ0n) is 15.9. The molecule has 152 valence electrons. The fourth-order valence-corrected chi connectivity index (χ4v) is 4.49. The van der Waals surface area contributed by atoms with E-state index in [-0.39, 0.29) is 17.9 Å². The second kappa shape index (κ2) is 8.52. The molecular weight excluding hydrogens is 431 g/mol. The van der Waals surface area contributed by atoms with E-state index in [1.165, 1.54) is 0 Å². The van der Waals surface area contributed by atoms with Crippen LogP contribution < -0.4 is 10.4 Å². The number of nitrogens with zero attached hydrogens (tertiary/aromatic N) is 3. The second-order valence-electron chi connectivity index (χ2n) is 7.35. The van der Waals surface area contributed by atoms with Gasteiger partial charge in [0.25, 0.3) is 5.91 Å². The number of hydrazone groups is 1. The first-order valence-corrected chi connectivity index (χ1v) is 10.7. The van der Waals surface area contributed by atoms with E-state index in [1.54, 1.807) is 12.1 Å². The number of carbonyl (C=O) groups excluding carboxylic acids is 1.